The topological polar surface area (TPSA) is 97.5 Å². The first kappa shape index (κ1) is 22.0. The zero-order valence-corrected chi connectivity index (χ0v) is 17.5. The zero-order chi connectivity index (χ0) is 20.7. The van der Waals surface area contributed by atoms with E-state index in [0.717, 1.165) is 6.42 Å². The Labute approximate surface area is 170 Å². The van der Waals surface area contributed by atoms with Crippen LogP contribution in [0.4, 0.5) is 5.69 Å². The molecule has 2 rings (SSSR count). The smallest absolute Gasteiger partial charge is 0.239 e. The summed E-state index contributed by atoms with van der Waals surface area (Å²) < 4.78 is 22.9. The standard InChI is InChI=1S/C19H23ClN2O5S/c1-4-7-27-18-10-21-14(9-16(18)23)11-28(25)12(2)19(24)22-13-5-6-17(26-3)15(20)8-13/h5-6,8-10,12H,4,7,11H2,1-3H3,(H,21,23)(H,22,24). The SMILES string of the molecule is CCCOc1c[nH]c(CS(=O)C(C)C(=O)Nc2ccc(OC)c(Cl)c2)cc1=O. The summed E-state index contributed by atoms with van der Waals surface area (Å²) in [6.07, 6.45) is 2.24. The van der Waals surface area contributed by atoms with Crippen molar-refractivity contribution < 1.29 is 18.5 Å². The largest absolute Gasteiger partial charge is 0.495 e. The fourth-order valence-corrected chi connectivity index (χ4v) is 3.57. The minimum Gasteiger partial charge on any atom is -0.495 e. The van der Waals surface area contributed by atoms with E-state index in [-0.39, 0.29) is 16.9 Å². The van der Waals surface area contributed by atoms with Crippen LogP contribution in [0.3, 0.4) is 0 Å². The highest BCUT2D eigenvalue weighted by atomic mass is 35.5. The molecule has 1 heterocycles. The third-order valence-electron chi connectivity index (χ3n) is 3.88. The third-order valence-corrected chi connectivity index (χ3v) is 5.77. The second-order valence-electron chi connectivity index (χ2n) is 6.04. The van der Waals surface area contributed by atoms with Crippen LogP contribution < -0.4 is 20.2 Å². The van der Waals surface area contributed by atoms with Gasteiger partial charge in [-0.3, -0.25) is 13.8 Å². The van der Waals surface area contributed by atoms with Gasteiger partial charge in [0, 0.05) is 34.4 Å². The van der Waals surface area contributed by atoms with Crippen LogP contribution in [-0.4, -0.2) is 34.1 Å². The summed E-state index contributed by atoms with van der Waals surface area (Å²) >= 11 is 6.04. The van der Waals surface area contributed by atoms with Gasteiger partial charge in [0.1, 0.15) is 11.0 Å². The van der Waals surface area contributed by atoms with Gasteiger partial charge in [0.15, 0.2) is 5.75 Å². The van der Waals surface area contributed by atoms with E-state index in [2.05, 4.69) is 10.3 Å². The van der Waals surface area contributed by atoms with Gasteiger partial charge < -0.3 is 19.8 Å². The van der Waals surface area contributed by atoms with Crippen molar-refractivity contribution in [3.05, 3.63) is 51.4 Å². The first-order chi connectivity index (χ1) is 13.3. The highest BCUT2D eigenvalue weighted by molar-refractivity contribution is 7.85. The van der Waals surface area contributed by atoms with E-state index >= 15 is 0 Å². The van der Waals surface area contributed by atoms with Crippen molar-refractivity contribution in [3.8, 4) is 11.5 Å². The number of halogens is 1. The number of rotatable bonds is 9. The Kier molecular flexibility index (Phi) is 8.07. The van der Waals surface area contributed by atoms with Crippen LogP contribution >= 0.6 is 11.6 Å². The minimum absolute atomic E-state index is 0.0429. The number of ether oxygens (including phenoxy) is 2. The number of carbonyl (C=O) groups is 1. The minimum atomic E-state index is -1.53. The summed E-state index contributed by atoms with van der Waals surface area (Å²) in [6.45, 7) is 3.95. The maximum Gasteiger partial charge on any atom is 0.239 e. The van der Waals surface area contributed by atoms with Gasteiger partial charge in [-0.15, -0.1) is 0 Å². The molecule has 0 spiro atoms. The Balaban J connectivity index is 1.99. The van der Waals surface area contributed by atoms with Crippen LogP contribution in [0.25, 0.3) is 0 Å². The van der Waals surface area contributed by atoms with Gasteiger partial charge in [0.2, 0.25) is 11.3 Å². The number of hydrogen-bond acceptors (Lipinski definition) is 5. The number of amides is 1. The molecular weight excluding hydrogens is 404 g/mol. The molecule has 1 aromatic carbocycles. The molecule has 2 N–H and O–H groups in total. The van der Waals surface area contributed by atoms with Gasteiger partial charge in [-0.1, -0.05) is 18.5 Å². The predicted molar refractivity (Wildman–Crippen MR) is 111 cm³/mol. The summed E-state index contributed by atoms with van der Waals surface area (Å²) in [5, 5.41) is 2.25. The lowest BCUT2D eigenvalue weighted by molar-refractivity contribution is -0.115. The van der Waals surface area contributed by atoms with E-state index in [1.54, 1.807) is 25.1 Å². The maximum absolute atomic E-state index is 12.5. The molecular formula is C19H23ClN2O5S. The molecule has 28 heavy (non-hydrogen) atoms. The molecule has 1 aromatic heterocycles. The van der Waals surface area contributed by atoms with E-state index < -0.39 is 22.0 Å². The molecule has 0 radical (unpaired) electrons. The number of hydrogen-bond donors (Lipinski definition) is 2. The number of nitrogens with one attached hydrogen (secondary N) is 2. The zero-order valence-electron chi connectivity index (χ0n) is 15.9. The number of H-pyrrole nitrogens is 1. The van der Waals surface area contributed by atoms with Crippen LogP contribution in [0.15, 0.2) is 35.3 Å². The van der Waals surface area contributed by atoms with E-state index in [0.29, 0.717) is 28.8 Å². The van der Waals surface area contributed by atoms with Crippen molar-refractivity contribution in [1.29, 1.82) is 0 Å². The summed E-state index contributed by atoms with van der Waals surface area (Å²) in [6, 6.07) is 6.18. The highest BCUT2D eigenvalue weighted by Crippen LogP contribution is 2.27. The molecule has 0 bridgehead atoms. The van der Waals surface area contributed by atoms with Crippen LogP contribution in [0, 0.1) is 0 Å². The van der Waals surface area contributed by atoms with Crippen molar-refractivity contribution in [2.24, 2.45) is 0 Å². The number of carbonyl (C=O) groups excluding carboxylic acids is 1. The van der Waals surface area contributed by atoms with Gasteiger partial charge >= 0.3 is 0 Å². The molecule has 152 valence electrons. The molecule has 0 fully saturated rings. The van der Waals surface area contributed by atoms with Crippen molar-refractivity contribution in [2.75, 3.05) is 19.0 Å². The van der Waals surface area contributed by atoms with Gasteiger partial charge in [-0.2, -0.15) is 0 Å². The number of pyridine rings is 1. The average Bonchev–Trinajstić information content (AvgIpc) is 2.66. The average molecular weight is 427 g/mol. The summed E-state index contributed by atoms with van der Waals surface area (Å²) in [5.74, 6) is 0.344. The number of anilines is 1. The first-order valence-electron chi connectivity index (χ1n) is 8.71. The maximum atomic E-state index is 12.5. The van der Waals surface area contributed by atoms with Gasteiger partial charge in [0.05, 0.1) is 24.5 Å². The Bertz CT molecular complexity index is 915. The quantitative estimate of drug-likeness (QED) is 0.642. The Hall–Kier alpha value is -2.32. The van der Waals surface area contributed by atoms with Crippen molar-refractivity contribution >= 4 is 34.0 Å². The number of aromatic amines is 1. The summed E-state index contributed by atoms with van der Waals surface area (Å²) in [4.78, 5) is 27.3. The third kappa shape index (κ3) is 5.84. The lowest BCUT2D eigenvalue weighted by Gasteiger charge is -2.13. The van der Waals surface area contributed by atoms with Crippen molar-refractivity contribution in [2.45, 2.75) is 31.3 Å². The molecule has 0 aliphatic heterocycles. The van der Waals surface area contributed by atoms with Crippen LogP contribution in [0.5, 0.6) is 11.5 Å². The highest BCUT2D eigenvalue weighted by Gasteiger charge is 2.21. The Morgan fingerprint density at radius 3 is 2.68 bits per heavy atom. The first-order valence-corrected chi connectivity index (χ1v) is 10.5. The fraction of sp³-hybridized carbons (Fsp3) is 0.368. The molecule has 1 amide bonds. The van der Waals surface area contributed by atoms with E-state index in [9.17, 15) is 13.8 Å². The van der Waals surface area contributed by atoms with Crippen LogP contribution in [0.1, 0.15) is 26.0 Å². The lowest BCUT2D eigenvalue weighted by atomic mass is 10.3. The number of aromatic nitrogens is 1. The molecule has 0 aliphatic carbocycles. The Morgan fingerprint density at radius 2 is 2.07 bits per heavy atom. The summed E-state index contributed by atoms with van der Waals surface area (Å²) in [5.41, 5.74) is 0.661. The fourth-order valence-electron chi connectivity index (χ4n) is 2.29. The Morgan fingerprint density at radius 1 is 1.32 bits per heavy atom. The molecule has 2 unspecified atom stereocenters. The van der Waals surface area contributed by atoms with Crippen LogP contribution in [0.2, 0.25) is 5.02 Å². The van der Waals surface area contributed by atoms with Crippen LogP contribution in [-0.2, 0) is 21.3 Å². The molecule has 2 atom stereocenters. The van der Waals surface area contributed by atoms with Gasteiger partial charge in [0.25, 0.3) is 0 Å². The van der Waals surface area contributed by atoms with Gasteiger partial charge in [-0.25, -0.2) is 0 Å². The predicted octanol–water partition coefficient (Wildman–Crippen LogP) is 3.10. The molecule has 0 aliphatic rings. The number of benzene rings is 1. The van der Waals surface area contributed by atoms with E-state index in [4.69, 9.17) is 21.1 Å². The second-order valence-corrected chi connectivity index (χ2v) is 8.21. The monoisotopic (exact) mass is 426 g/mol. The van der Waals surface area contributed by atoms with E-state index in [1.165, 1.54) is 19.4 Å². The second kappa shape index (κ2) is 10.3. The molecule has 2 aromatic rings. The summed E-state index contributed by atoms with van der Waals surface area (Å²) in [7, 11) is -0.0342. The lowest BCUT2D eigenvalue weighted by Crippen LogP contribution is -2.30. The van der Waals surface area contributed by atoms with Gasteiger partial charge in [-0.05, 0) is 31.5 Å². The molecule has 0 saturated heterocycles. The normalized spacial score (nSPS) is 12.9. The molecule has 9 heteroatoms. The van der Waals surface area contributed by atoms with E-state index in [1.807, 2.05) is 6.92 Å². The molecule has 0 saturated carbocycles. The number of methoxy groups -OCH3 is 1. The molecule has 7 nitrogen and oxygen atoms in total. The van der Waals surface area contributed by atoms with Crippen molar-refractivity contribution in [3.63, 3.8) is 0 Å². The van der Waals surface area contributed by atoms with Crippen molar-refractivity contribution in [1.82, 2.24) is 4.98 Å².